The molecule has 1 fully saturated rings. The number of aromatic nitrogens is 3. The molecule has 12 heteroatoms. The van der Waals surface area contributed by atoms with Crippen LogP contribution >= 0.6 is 0 Å². The van der Waals surface area contributed by atoms with Crippen molar-refractivity contribution in [3.05, 3.63) is 78.5 Å². The summed E-state index contributed by atoms with van der Waals surface area (Å²) in [6.45, 7) is 0.982. The van der Waals surface area contributed by atoms with Gasteiger partial charge in [0.2, 0.25) is 23.6 Å². The van der Waals surface area contributed by atoms with Crippen LogP contribution in [0.2, 0.25) is 0 Å². The van der Waals surface area contributed by atoms with E-state index in [1.54, 1.807) is 24.5 Å². The zero-order valence-electron chi connectivity index (χ0n) is 28.9. The van der Waals surface area contributed by atoms with Gasteiger partial charge in [-0.25, -0.2) is 9.97 Å². The molecule has 5 N–H and O–H groups in total. The molecule has 0 bridgehead atoms. The molecule has 12 nitrogen and oxygen atoms in total. The first-order valence-electron chi connectivity index (χ1n) is 17.5. The molecule has 4 atom stereocenters. The van der Waals surface area contributed by atoms with Crippen molar-refractivity contribution >= 4 is 17.7 Å². The molecule has 0 spiro atoms. The van der Waals surface area contributed by atoms with Gasteiger partial charge in [0, 0.05) is 44.1 Å². The fraction of sp³-hybridized carbons (Fsp3) is 0.541. The Kier molecular flexibility index (Phi) is 15.5. The fourth-order valence-corrected chi connectivity index (χ4v) is 6.27. The van der Waals surface area contributed by atoms with Crippen LogP contribution in [-0.2, 0) is 27.2 Å². The van der Waals surface area contributed by atoms with Crippen LogP contribution < -0.4 is 20.7 Å². The number of nitrogens with one attached hydrogen (secondary N) is 4. The van der Waals surface area contributed by atoms with Crippen molar-refractivity contribution in [1.82, 2.24) is 35.8 Å². The number of benzene rings is 1. The van der Waals surface area contributed by atoms with Gasteiger partial charge in [0.25, 0.3) is 0 Å². The van der Waals surface area contributed by atoms with Gasteiger partial charge in [0.05, 0.1) is 30.8 Å². The lowest BCUT2D eigenvalue weighted by atomic mass is 9.83. The average molecular weight is 676 g/mol. The van der Waals surface area contributed by atoms with Crippen molar-refractivity contribution in [2.75, 3.05) is 27.2 Å². The number of ether oxygens (including phenoxy) is 1. The summed E-state index contributed by atoms with van der Waals surface area (Å²) < 4.78 is 5.75. The summed E-state index contributed by atoms with van der Waals surface area (Å²) in [7, 11) is 3.89. The summed E-state index contributed by atoms with van der Waals surface area (Å²) in [5, 5.41) is 20.3. The van der Waals surface area contributed by atoms with Crippen LogP contribution in [0.5, 0.6) is 5.88 Å². The molecule has 3 amide bonds. The molecule has 0 radical (unpaired) electrons. The number of aliphatic hydroxyl groups is 1. The molecule has 49 heavy (non-hydrogen) atoms. The maximum absolute atomic E-state index is 14.1. The zero-order valence-corrected chi connectivity index (χ0v) is 28.9. The van der Waals surface area contributed by atoms with E-state index < -0.39 is 36.0 Å². The molecule has 1 aromatic carbocycles. The second-order valence-corrected chi connectivity index (χ2v) is 13.3. The van der Waals surface area contributed by atoms with Crippen LogP contribution in [-0.4, -0.2) is 94.2 Å². The lowest BCUT2D eigenvalue weighted by molar-refractivity contribution is -0.132. The molecule has 2 heterocycles. The summed E-state index contributed by atoms with van der Waals surface area (Å²) in [6.07, 6.45) is 11.8. The largest absolute Gasteiger partial charge is 0.478 e. The predicted octanol–water partition coefficient (Wildman–Crippen LogP) is 3.19. The van der Waals surface area contributed by atoms with Gasteiger partial charge in [0.1, 0.15) is 12.1 Å². The molecule has 1 aliphatic rings. The van der Waals surface area contributed by atoms with Crippen molar-refractivity contribution in [2.45, 2.75) is 94.9 Å². The van der Waals surface area contributed by atoms with E-state index >= 15 is 0 Å². The minimum absolute atomic E-state index is 0.130. The topological polar surface area (TPSA) is 162 Å². The monoisotopic (exact) mass is 675 g/mol. The van der Waals surface area contributed by atoms with Crippen LogP contribution in [0.25, 0.3) is 0 Å². The van der Waals surface area contributed by atoms with Crippen molar-refractivity contribution < 1.29 is 24.2 Å². The van der Waals surface area contributed by atoms with Crippen LogP contribution in [0, 0.1) is 5.92 Å². The van der Waals surface area contributed by atoms with E-state index in [9.17, 15) is 19.5 Å². The molecule has 0 saturated heterocycles. The second-order valence-electron chi connectivity index (χ2n) is 13.3. The van der Waals surface area contributed by atoms with Crippen LogP contribution in [0.15, 0.2) is 67.3 Å². The van der Waals surface area contributed by atoms with Gasteiger partial charge in [-0.15, -0.1) is 0 Å². The number of aromatic amines is 1. The molecule has 3 aromatic rings. The number of aliphatic hydroxyl groups excluding tert-OH is 1. The number of hydrogen-bond acceptors (Lipinski definition) is 8. The standard InChI is InChI=1S/C37H53N7O5/c1-44(2)20-11-16-34(46)41-31(23-28-14-7-4-8-15-28)36(47)43-32(24-29-25-38-26-40-29)37(48)42-30(22-27-12-5-3-6-13-27)33(45)18-21-49-35-17-9-10-19-39-35/h4,7-10,14-15,17,19,25-27,30-33,45H,3,5-6,11-13,16,18,20-24H2,1-2H3,(H,38,40)(H,41,46)(H,42,48)(H,43,47)/t30-,31-,32-,33-/m0/s1. The van der Waals surface area contributed by atoms with E-state index in [0.717, 1.165) is 37.8 Å². The highest BCUT2D eigenvalue weighted by molar-refractivity contribution is 5.92. The van der Waals surface area contributed by atoms with E-state index in [2.05, 4.69) is 30.9 Å². The SMILES string of the molecule is CN(C)CCCC(=O)N[C@@H](Cc1ccccc1)C(=O)N[C@@H](Cc1c[nH]cn1)C(=O)N[C@@H](CC1CCCCC1)[C@@H](O)CCOc1ccccn1. The number of H-pyrrole nitrogens is 1. The van der Waals surface area contributed by atoms with Gasteiger partial charge in [-0.05, 0) is 51.0 Å². The Morgan fingerprint density at radius 2 is 1.67 bits per heavy atom. The summed E-state index contributed by atoms with van der Waals surface area (Å²) in [6, 6.07) is 12.4. The van der Waals surface area contributed by atoms with E-state index in [4.69, 9.17) is 4.74 Å². The lowest BCUT2D eigenvalue weighted by Crippen LogP contribution is -2.57. The van der Waals surface area contributed by atoms with Crippen molar-refractivity contribution in [1.29, 1.82) is 0 Å². The highest BCUT2D eigenvalue weighted by Crippen LogP contribution is 2.28. The van der Waals surface area contributed by atoms with E-state index in [0.29, 0.717) is 36.8 Å². The number of carbonyl (C=O) groups excluding carboxylic acids is 3. The Labute approximate surface area is 289 Å². The number of pyridine rings is 1. The van der Waals surface area contributed by atoms with Crippen LogP contribution in [0.1, 0.15) is 69.0 Å². The number of rotatable bonds is 20. The summed E-state index contributed by atoms with van der Waals surface area (Å²) in [5.74, 6) is -0.261. The second kappa shape index (κ2) is 20.3. The third kappa shape index (κ3) is 13.6. The number of hydrogen-bond donors (Lipinski definition) is 5. The maximum Gasteiger partial charge on any atom is 0.243 e. The Hall–Kier alpha value is -4.29. The molecule has 0 unspecified atom stereocenters. The number of nitrogens with zero attached hydrogens (tertiary/aromatic N) is 3. The normalized spacial score (nSPS) is 15.9. The van der Waals surface area contributed by atoms with Gasteiger partial charge in [-0.3, -0.25) is 14.4 Å². The molecule has 2 aromatic heterocycles. The van der Waals surface area contributed by atoms with Crippen molar-refractivity contribution in [3.63, 3.8) is 0 Å². The Morgan fingerprint density at radius 3 is 2.37 bits per heavy atom. The highest BCUT2D eigenvalue weighted by Gasteiger charge is 2.32. The quantitative estimate of drug-likeness (QED) is 0.122. The predicted molar refractivity (Wildman–Crippen MR) is 188 cm³/mol. The first-order valence-corrected chi connectivity index (χ1v) is 17.5. The summed E-state index contributed by atoms with van der Waals surface area (Å²) in [5.41, 5.74) is 1.48. The van der Waals surface area contributed by atoms with E-state index in [-0.39, 0.29) is 31.8 Å². The molecular formula is C37H53N7O5. The van der Waals surface area contributed by atoms with Crippen LogP contribution in [0.3, 0.4) is 0 Å². The Balaban J connectivity index is 1.48. The molecule has 266 valence electrons. The minimum Gasteiger partial charge on any atom is -0.478 e. The molecular weight excluding hydrogens is 622 g/mol. The molecule has 1 saturated carbocycles. The van der Waals surface area contributed by atoms with E-state index in [1.807, 2.05) is 55.4 Å². The fourth-order valence-electron chi connectivity index (χ4n) is 6.27. The molecule has 1 aliphatic carbocycles. The van der Waals surface area contributed by atoms with Gasteiger partial charge in [0.15, 0.2) is 0 Å². The van der Waals surface area contributed by atoms with E-state index in [1.165, 1.54) is 12.7 Å². The Bertz CT molecular complexity index is 1380. The third-order valence-electron chi connectivity index (χ3n) is 8.95. The smallest absolute Gasteiger partial charge is 0.243 e. The first-order chi connectivity index (χ1) is 23.8. The van der Waals surface area contributed by atoms with Gasteiger partial charge < -0.3 is 35.7 Å². The average Bonchev–Trinajstić information content (AvgIpc) is 3.62. The van der Waals surface area contributed by atoms with Gasteiger partial charge in [-0.2, -0.15) is 0 Å². The maximum atomic E-state index is 14.1. The highest BCUT2D eigenvalue weighted by atomic mass is 16.5. The number of carbonyl (C=O) groups is 3. The number of amides is 3. The summed E-state index contributed by atoms with van der Waals surface area (Å²) in [4.78, 5) is 54.3. The molecule has 4 rings (SSSR count). The number of imidazole rings is 1. The van der Waals surface area contributed by atoms with Gasteiger partial charge in [-0.1, -0.05) is 68.5 Å². The van der Waals surface area contributed by atoms with Crippen molar-refractivity contribution in [3.8, 4) is 5.88 Å². The lowest BCUT2D eigenvalue weighted by Gasteiger charge is -2.31. The Morgan fingerprint density at radius 1 is 0.939 bits per heavy atom. The zero-order chi connectivity index (χ0) is 34.8. The van der Waals surface area contributed by atoms with Crippen LogP contribution in [0.4, 0.5) is 0 Å². The molecule has 0 aliphatic heterocycles. The third-order valence-corrected chi connectivity index (χ3v) is 8.95. The summed E-state index contributed by atoms with van der Waals surface area (Å²) >= 11 is 0. The minimum atomic E-state index is -0.995. The first kappa shape index (κ1) is 37.5. The van der Waals surface area contributed by atoms with Crippen molar-refractivity contribution in [2.24, 2.45) is 5.92 Å². The van der Waals surface area contributed by atoms with Gasteiger partial charge >= 0.3 is 0 Å².